The van der Waals surface area contributed by atoms with E-state index in [1.165, 1.54) is 18.2 Å². The highest BCUT2D eigenvalue weighted by Crippen LogP contribution is 2.44. The fourth-order valence-corrected chi connectivity index (χ4v) is 3.99. The van der Waals surface area contributed by atoms with Crippen LogP contribution in [0.1, 0.15) is 43.7 Å². The third kappa shape index (κ3) is 4.76. The Morgan fingerprint density at radius 1 is 1.13 bits per heavy atom. The lowest BCUT2D eigenvalue weighted by atomic mass is 9.78. The first kappa shape index (κ1) is 22.9. The highest BCUT2D eigenvalue weighted by molar-refractivity contribution is 6.00. The lowest BCUT2D eigenvalue weighted by Crippen LogP contribution is -2.34. The van der Waals surface area contributed by atoms with Gasteiger partial charge in [0.15, 0.2) is 0 Å². The number of carbonyl (C=O) groups is 2. The molecule has 3 rings (SSSR count). The molecular formula is C22H24F3NO5. The van der Waals surface area contributed by atoms with Crippen LogP contribution in [0.2, 0.25) is 0 Å². The van der Waals surface area contributed by atoms with Crippen LogP contribution >= 0.6 is 0 Å². The molecule has 0 radical (unpaired) electrons. The molecule has 168 valence electrons. The molecule has 1 N–H and O–H groups in total. The summed E-state index contributed by atoms with van der Waals surface area (Å²) in [5.74, 6) is -2.94. The Labute approximate surface area is 178 Å². The van der Waals surface area contributed by atoms with Gasteiger partial charge in [0.2, 0.25) is 0 Å². The van der Waals surface area contributed by atoms with E-state index >= 15 is 0 Å². The normalized spacial score (nSPS) is 21.7. The molecule has 0 aromatic heterocycles. The Hall–Kier alpha value is -2.81. The fourth-order valence-electron chi connectivity index (χ4n) is 3.99. The molecule has 31 heavy (non-hydrogen) atoms. The number of methoxy groups -OCH3 is 1. The van der Waals surface area contributed by atoms with E-state index in [1.807, 2.05) is 0 Å². The number of ether oxygens (including phenoxy) is 3. The Morgan fingerprint density at radius 2 is 1.77 bits per heavy atom. The highest BCUT2D eigenvalue weighted by atomic mass is 19.4. The Bertz CT molecular complexity index is 929. The summed E-state index contributed by atoms with van der Waals surface area (Å²) in [5.41, 5.74) is -0.686. The van der Waals surface area contributed by atoms with Crippen molar-refractivity contribution < 1.29 is 37.0 Å². The summed E-state index contributed by atoms with van der Waals surface area (Å²) in [5, 5.41) is 2.91. The van der Waals surface area contributed by atoms with Gasteiger partial charge in [0.1, 0.15) is 6.61 Å². The molecule has 0 amide bonds. The van der Waals surface area contributed by atoms with E-state index in [9.17, 15) is 22.8 Å². The van der Waals surface area contributed by atoms with Gasteiger partial charge in [-0.25, -0.2) is 9.59 Å². The van der Waals surface area contributed by atoms with Crippen molar-refractivity contribution in [3.63, 3.8) is 0 Å². The molecule has 6 nitrogen and oxygen atoms in total. The summed E-state index contributed by atoms with van der Waals surface area (Å²) in [4.78, 5) is 25.6. The van der Waals surface area contributed by atoms with Crippen molar-refractivity contribution in [1.82, 2.24) is 5.32 Å². The molecule has 1 aromatic rings. The van der Waals surface area contributed by atoms with Gasteiger partial charge >= 0.3 is 18.1 Å². The molecule has 1 aromatic carbocycles. The number of hydrogen-bond donors (Lipinski definition) is 1. The van der Waals surface area contributed by atoms with E-state index in [2.05, 4.69) is 5.32 Å². The maximum atomic E-state index is 13.8. The van der Waals surface area contributed by atoms with Crippen LogP contribution in [0.15, 0.2) is 46.8 Å². The number of carbonyl (C=O) groups excluding carboxylic acids is 2. The van der Waals surface area contributed by atoms with Crippen LogP contribution in [-0.4, -0.2) is 38.4 Å². The maximum absolute atomic E-state index is 13.8. The topological polar surface area (TPSA) is 73.9 Å². The van der Waals surface area contributed by atoms with Gasteiger partial charge in [-0.05, 0) is 38.3 Å². The zero-order valence-corrected chi connectivity index (χ0v) is 17.5. The Kier molecular flexibility index (Phi) is 6.74. The van der Waals surface area contributed by atoms with Crippen molar-refractivity contribution in [1.29, 1.82) is 0 Å². The second-order valence-corrected chi connectivity index (χ2v) is 7.45. The number of hydrogen-bond acceptors (Lipinski definition) is 6. The molecule has 0 bridgehead atoms. The first-order valence-electron chi connectivity index (χ1n) is 9.86. The van der Waals surface area contributed by atoms with Gasteiger partial charge in [-0.2, -0.15) is 13.2 Å². The summed E-state index contributed by atoms with van der Waals surface area (Å²) in [6.07, 6.45) is -3.35. The molecule has 2 aliphatic rings. The molecule has 0 aliphatic carbocycles. The number of halogens is 3. The molecular weight excluding hydrogens is 415 g/mol. The molecule has 9 heteroatoms. The van der Waals surface area contributed by atoms with Crippen molar-refractivity contribution in [2.24, 2.45) is 0 Å². The number of allylic oxidation sites excluding steroid dienone is 2. The lowest BCUT2D eigenvalue weighted by molar-refractivity contribution is -0.143. The summed E-state index contributed by atoms with van der Waals surface area (Å²) in [6, 6.07) is 4.87. The van der Waals surface area contributed by atoms with Gasteiger partial charge < -0.3 is 19.5 Å². The Balaban J connectivity index is 2.09. The largest absolute Gasteiger partial charge is 0.466 e. The average Bonchev–Trinajstić information content (AvgIpc) is 3.24. The first-order valence-corrected chi connectivity index (χ1v) is 9.86. The molecule has 0 spiro atoms. The van der Waals surface area contributed by atoms with E-state index in [1.54, 1.807) is 13.8 Å². The number of esters is 2. The van der Waals surface area contributed by atoms with Gasteiger partial charge in [0.25, 0.3) is 0 Å². The van der Waals surface area contributed by atoms with Crippen molar-refractivity contribution >= 4 is 11.9 Å². The minimum Gasteiger partial charge on any atom is -0.466 e. The lowest BCUT2D eigenvalue weighted by Gasteiger charge is -2.31. The van der Waals surface area contributed by atoms with Crippen LogP contribution < -0.4 is 5.32 Å². The second-order valence-electron chi connectivity index (χ2n) is 7.45. The minimum absolute atomic E-state index is 0.0144. The van der Waals surface area contributed by atoms with E-state index in [-0.39, 0.29) is 29.4 Å². The van der Waals surface area contributed by atoms with E-state index in [4.69, 9.17) is 14.2 Å². The second kappa shape index (κ2) is 9.13. The maximum Gasteiger partial charge on any atom is 0.416 e. The van der Waals surface area contributed by atoms with Crippen molar-refractivity contribution in [2.75, 3.05) is 20.3 Å². The third-order valence-electron chi connectivity index (χ3n) is 5.39. The minimum atomic E-state index is -4.68. The van der Waals surface area contributed by atoms with Gasteiger partial charge in [0, 0.05) is 18.0 Å². The molecule has 1 saturated heterocycles. The zero-order chi connectivity index (χ0) is 22.8. The molecule has 2 atom stereocenters. The van der Waals surface area contributed by atoms with Crippen molar-refractivity contribution in [3.8, 4) is 0 Å². The third-order valence-corrected chi connectivity index (χ3v) is 5.39. The standard InChI is InChI=1S/C22H24F3NO5/c1-12-17(20(27)29-3)19(15-8-4-5-9-16(15)22(23,24)25)18(13(2)26-12)21(28)31-11-14-7-6-10-30-14/h4-5,8-9,14,19,26H,6-7,10-11H2,1-3H3/t14-,19-/m1/s1. The van der Waals surface area contributed by atoms with Crippen molar-refractivity contribution in [2.45, 2.75) is 44.9 Å². The van der Waals surface area contributed by atoms with Crippen LogP contribution in [0.25, 0.3) is 0 Å². The number of alkyl halides is 3. The van der Waals surface area contributed by atoms with Gasteiger partial charge in [-0.1, -0.05) is 18.2 Å². The van der Waals surface area contributed by atoms with Gasteiger partial charge in [-0.15, -0.1) is 0 Å². The van der Waals surface area contributed by atoms with Crippen LogP contribution in [0.5, 0.6) is 0 Å². The molecule has 0 unspecified atom stereocenters. The van der Waals surface area contributed by atoms with Crippen LogP contribution in [0.4, 0.5) is 13.2 Å². The molecule has 2 aliphatic heterocycles. The predicted octanol–water partition coefficient (Wildman–Crippen LogP) is 3.84. The summed E-state index contributed by atoms with van der Waals surface area (Å²) < 4.78 is 57.0. The number of dihydropyridines is 1. The van der Waals surface area contributed by atoms with E-state index < -0.39 is 29.6 Å². The summed E-state index contributed by atoms with van der Waals surface area (Å²) >= 11 is 0. The number of nitrogens with one attached hydrogen (secondary N) is 1. The van der Waals surface area contributed by atoms with Crippen LogP contribution in [0, 0.1) is 0 Å². The number of rotatable bonds is 5. The van der Waals surface area contributed by atoms with Crippen molar-refractivity contribution in [3.05, 3.63) is 57.9 Å². The van der Waals surface area contributed by atoms with E-state index in [0.717, 1.165) is 26.0 Å². The monoisotopic (exact) mass is 439 g/mol. The quantitative estimate of drug-likeness (QED) is 0.703. The smallest absolute Gasteiger partial charge is 0.416 e. The zero-order valence-electron chi connectivity index (χ0n) is 17.5. The van der Waals surface area contributed by atoms with Gasteiger partial charge in [0.05, 0.1) is 35.8 Å². The highest BCUT2D eigenvalue weighted by Gasteiger charge is 2.43. The molecule has 2 heterocycles. The SMILES string of the molecule is COC(=O)C1=C(C)NC(C)=C(C(=O)OC[C@H]2CCCO2)[C@@H]1c1ccccc1C(F)(F)F. The van der Waals surface area contributed by atoms with Gasteiger partial charge in [-0.3, -0.25) is 0 Å². The average molecular weight is 439 g/mol. The predicted molar refractivity (Wildman–Crippen MR) is 105 cm³/mol. The van der Waals surface area contributed by atoms with E-state index in [0.29, 0.717) is 18.0 Å². The Morgan fingerprint density at radius 3 is 2.35 bits per heavy atom. The molecule has 0 saturated carbocycles. The summed E-state index contributed by atoms with van der Waals surface area (Å²) in [7, 11) is 1.13. The first-order chi connectivity index (χ1) is 14.6. The number of benzene rings is 1. The summed E-state index contributed by atoms with van der Waals surface area (Å²) in [6.45, 7) is 3.66. The fraction of sp³-hybridized carbons (Fsp3) is 0.455. The van der Waals surface area contributed by atoms with Crippen LogP contribution in [-0.2, 0) is 30.0 Å². The molecule has 1 fully saturated rings. The van der Waals surface area contributed by atoms with Crippen LogP contribution in [0.3, 0.4) is 0 Å².